The van der Waals surface area contributed by atoms with E-state index in [0.29, 0.717) is 12.5 Å². The molecule has 1 aromatic rings. The van der Waals surface area contributed by atoms with E-state index in [1.807, 2.05) is 4.90 Å². The molecule has 5 heteroatoms. The topological polar surface area (TPSA) is 48.0 Å². The number of rotatable bonds is 8. The average molecular weight is 404 g/mol. The molecule has 1 aliphatic carbocycles. The summed E-state index contributed by atoms with van der Waals surface area (Å²) in [6.07, 6.45) is 7.46. The van der Waals surface area contributed by atoms with Crippen molar-refractivity contribution in [1.82, 2.24) is 4.90 Å². The zero-order valence-electron chi connectivity index (χ0n) is 18.2. The van der Waals surface area contributed by atoms with Crippen LogP contribution in [0.2, 0.25) is 0 Å². The Morgan fingerprint density at radius 1 is 1.10 bits per heavy atom. The van der Waals surface area contributed by atoms with Crippen molar-refractivity contribution in [2.24, 2.45) is 0 Å². The lowest BCUT2D eigenvalue weighted by Crippen LogP contribution is -2.46. The number of likely N-dealkylation sites (tertiary alicyclic amines) is 1. The molecule has 0 bridgehead atoms. The van der Waals surface area contributed by atoms with Gasteiger partial charge in [-0.3, -0.25) is 4.90 Å². The van der Waals surface area contributed by atoms with Gasteiger partial charge in [0, 0.05) is 12.6 Å². The van der Waals surface area contributed by atoms with Gasteiger partial charge in [0.25, 0.3) is 0 Å². The Balaban J connectivity index is 1.53. The highest BCUT2D eigenvalue weighted by Gasteiger charge is 2.43. The summed E-state index contributed by atoms with van der Waals surface area (Å²) >= 11 is 0. The Kier molecular flexibility index (Phi) is 8.37. The van der Waals surface area contributed by atoms with Gasteiger partial charge >= 0.3 is 6.09 Å². The minimum Gasteiger partial charge on any atom is -0.453 e. The van der Waals surface area contributed by atoms with Gasteiger partial charge in [0.05, 0.1) is 32.0 Å². The molecule has 1 saturated carbocycles. The number of hydrogen-bond acceptors (Lipinski definition) is 4. The van der Waals surface area contributed by atoms with Crippen molar-refractivity contribution in [2.45, 2.75) is 89.0 Å². The predicted molar refractivity (Wildman–Crippen MR) is 114 cm³/mol. The smallest absolute Gasteiger partial charge is 0.410 e. The van der Waals surface area contributed by atoms with E-state index in [2.05, 4.69) is 44.2 Å². The average Bonchev–Trinajstić information content (AvgIpc) is 3.08. The lowest BCUT2D eigenvalue weighted by atomic mass is 9.83. The summed E-state index contributed by atoms with van der Waals surface area (Å²) in [5, 5.41) is 0. The third-order valence-electron chi connectivity index (χ3n) is 6.50. The molecule has 0 aromatic heterocycles. The van der Waals surface area contributed by atoms with E-state index in [-0.39, 0.29) is 30.4 Å². The van der Waals surface area contributed by atoms with Crippen LogP contribution < -0.4 is 0 Å². The number of nitrogens with zero attached hydrogens (tertiary/aromatic N) is 1. The van der Waals surface area contributed by atoms with E-state index in [1.165, 1.54) is 12.7 Å². The molecule has 29 heavy (non-hydrogen) atoms. The van der Waals surface area contributed by atoms with Crippen molar-refractivity contribution in [3.05, 3.63) is 35.9 Å². The number of amides is 1. The molecule has 1 aliphatic heterocycles. The lowest BCUT2D eigenvalue weighted by molar-refractivity contribution is -0.0429. The molecule has 1 amide bonds. The summed E-state index contributed by atoms with van der Waals surface area (Å²) in [5.74, 6) is 0.638. The first kappa shape index (κ1) is 22.1. The highest BCUT2D eigenvalue weighted by Crippen LogP contribution is 2.35. The molecule has 1 heterocycles. The SMILES string of the molecule is CCCCOC1C[C@@H](C)N(C(=O)OC)[C@H]1COC1CCC(c2ccccc2)CC1. The van der Waals surface area contributed by atoms with Crippen molar-refractivity contribution in [2.75, 3.05) is 20.3 Å². The second-order valence-electron chi connectivity index (χ2n) is 8.51. The highest BCUT2D eigenvalue weighted by molar-refractivity contribution is 5.69. The van der Waals surface area contributed by atoms with E-state index in [0.717, 1.165) is 51.6 Å². The van der Waals surface area contributed by atoms with E-state index >= 15 is 0 Å². The van der Waals surface area contributed by atoms with Crippen molar-refractivity contribution in [3.8, 4) is 0 Å². The minimum atomic E-state index is -0.277. The third-order valence-corrected chi connectivity index (χ3v) is 6.50. The maximum absolute atomic E-state index is 12.4. The van der Waals surface area contributed by atoms with Gasteiger partial charge in [-0.05, 0) is 56.9 Å². The van der Waals surface area contributed by atoms with Crippen molar-refractivity contribution >= 4 is 6.09 Å². The number of carbonyl (C=O) groups excluding carboxylic acids is 1. The predicted octanol–water partition coefficient (Wildman–Crippen LogP) is 5.14. The van der Waals surface area contributed by atoms with Gasteiger partial charge in [-0.2, -0.15) is 0 Å². The summed E-state index contributed by atoms with van der Waals surface area (Å²) in [7, 11) is 1.45. The van der Waals surface area contributed by atoms with E-state index in [9.17, 15) is 4.79 Å². The first-order chi connectivity index (χ1) is 14.1. The van der Waals surface area contributed by atoms with Gasteiger partial charge < -0.3 is 14.2 Å². The largest absolute Gasteiger partial charge is 0.453 e. The van der Waals surface area contributed by atoms with Gasteiger partial charge in [-0.1, -0.05) is 43.7 Å². The number of unbranched alkanes of at least 4 members (excludes halogenated alkanes) is 1. The maximum atomic E-state index is 12.4. The van der Waals surface area contributed by atoms with Gasteiger partial charge in [-0.25, -0.2) is 4.79 Å². The van der Waals surface area contributed by atoms with Gasteiger partial charge in [0.2, 0.25) is 0 Å². The van der Waals surface area contributed by atoms with Gasteiger partial charge in [0.15, 0.2) is 0 Å². The third kappa shape index (κ3) is 5.73. The minimum absolute atomic E-state index is 0.0244. The molecule has 3 rings (SSSR count). The van der Waals surface area contributed by atoms with Crippen LogP contribution in [0.15, 0.2) is 30.3 Å². The summed E-state index contributed by atoms with van der Waals surface area (Å²) in [5.41, 5.74) is 1.44. The zero-order chi connectivity index (χ0) is 20.6. The van der Waals surface area contributed by atoms with Crippen LogP contribution in [0.3, 0.4) is 0 Å². The summed E-state index contributed by atoms with van der Waals surface area (Å²) < 4.78 is 17.5. The first-order valence-electron chi connectivity index (χ1n) is 11.3. The normalized spacial score (nSPS) is 29.8. The Morgan fingerprint density at radius 3 is 2.48 bits per heavy atom. The Morgan fingerprint density at radius 2 is 1.83 bits per heavy atom. The van der Waals surface area contributed by atoms with Crippen LogP contribution in [0.1, 0.15) is 70.3 Å². The Bertz CT molecular complexity index is 615. The fourth-order valence-electron chi connectivity index (χ4n) is 4.80. The van der Waals surface area contributed by atoms with Crippen molar-refractivity contribution in [3.63, 3.8) is 0 Å². The molecule has 5 nitrogen and oxygen atoms in total. The maximum Gasteiger partial charge on any atom is 0.410 e. The van der Waals surface area contributed by atoms with Gasteiger partial charge in [-0.15, -0.1) is 0 Å². The van der Waals surface area contributed by atoms with Crippen LogP contribution >= 0.6 is 0 Å². The number of benzene rings is 1. The van der Waals surface area contributed by atoms with Gasteiger partial charge in [0.1, 0.15) is 0 Å². The number of ether oxygens (including phenoxy) is 3. The monoisotopic (exact) mass is 403 g/mol. The van der Waals surface area contributed by atoms with Crippen LogP contribution in [0.4, 0.5) is 4.79 Å². The Labute approximate surface area is 175 Å². The number of methoxy groups -OCH3 is 1. The van der Waals surface area contributed by atoms with E-state index in [4.69, 9.17) is 14.2 Å². The number of carbonyl (C=O) groups is 1. The molecule has 2 fully saturated rings. The molecule has 0 N–H and O–H groups in total. The van der Waals surface area contributed by atoms with E-state index in [1.54, 1.807) is 0 Å². The molecular formula is C24H37NO4. The molecule has 0 radical (unpaired) electrons. The second-order valence-corrected chi connectivity index (χ2v) is 8.51. The molecule has 1 saturated heterocycles. The molecule has 0 spiro atoms. The molecule has 2 aliphatic rings. The molecule has 3 atom stereocenters. The van der Waals surface area contributed by atoms with Crippen LogP contribution in [-0.4, -0.2) is 55.6 Å². The van der Waals surface area contributed by atoms with Crippen LogP contribution in [0.5, 0.6) is 0 Å². The second kappa shape index (κ2) is 11.0. The number of hydrogen-bond donors (Lipinski definition) is 0. The van der Waals surface area contributed by atoms with Crippen molar-refractivity contribution < 1.29 is 19.0 Å². The Hall–Kier alpha value is -1.59. The van der Waals surface area contributed by atoms with E-state index < -0.39 is 0 Å². The van der Waals surface area contributed by atoms with Crippen LogP contribution in [0, 0.1) is 0 Å². The molecular weight excluding hydrogens is 366 g/mol. The fourth-order valence-corrected chi connectivity index (χ4v) is 4.80. The van der Waals surface area contributed by atoms with Crippen molar-refractivity contribution in [1.29, 1.82) is 0 Å². The van der Waals surface area contributed by atoms with Crippen LogP contribution in [0.25, 0.3) is 0 Å². The fraction of sp³-hybridized carbons (Fsp3) is 0.708. The summed E-state index contributed by atoms with van der Waals surface area (Å²) in [6.45, 7) is 5.49. The first-order valence-corrected chi connectivity index (χ1v) is 11.3. The molecule has 1 aromatic carbocycles. The standard InChI is InChI=1S/C24H37NO4/c1-4-5-15-28-23-16-18(2)25(24(26)27-3)22(23)17-29-21-13-11-20(12-14-21)19-9-7-6-8-10-19/h6-10,18,20-23H,4-5,11-17H2,1-3H3/t18-,20?,21?,22+,23?/m1/s1. The summed E-state index contributed by atoms with van der Waals surface area (Å²) in [4.78, 5) is 14.2. The lowest BCUT2D eigenvalue weighted by Gasteiger charge is -2.33. The highest BCUT2D eigenvalue weighted by atomic mass is 16.5. The van der Waals surface area contributed by atoms with Crippen LogP contribution in [-0.2, 0) is 14.2 Å². The zero-order valence-corrected chi connectivity index (χ0v) is 18.2. The summed E-state index contributed by atoms with van der Waals surface area (Å²) in [6, 6.07) is 10.8. The molecule has 162 valence electrons. The quantitative estimate of drug-likeness (QED) is 0.564. The molecule has 1 unspecified atom stereocenters.